The summed E-state index contributed by atoms with van der Waals surface area (Å²) < 4.78 is 5.79. The summed E-state index contributed by atoms with van der Waals surface area (Å²) in [6.07, 6.45) is 3.10. The predicted molar refractivity (Wildman–Crippen MR) is 82.6 cm³/mol. The first kappa shape index (κ1) is 12.8. The van der Waals surface area contributed by atoms with Gasteiger partial charge in [-0.05, 0) is 12.1 Å². The number of hydrogen-bond donors (Lipinski definition) is 2. The molecule has 4 rings (SSSR count). The number of aromatic amines is 1. The van der Waals surface area contributed by atoms with E-state index in [4.69, 9.17) is 4.42 Å². The lowest BCUT2D eigenvalue weighted by molar-refractivity contribution is 0.494. The molecular formula is C15H14N6O. The van der Waals surface area contributed by atoms with Crippen LogP contribution in [0, 0.1) is 0 Å². The standard InChI is InChI=1S/C15H14N6O/c1-9(15-21-10-4-2-3-5-11(10)22-15)6-16-13-12-14(18-7-17-12)20-8-19-13/h2-5,7-9H,6H2,1H3,(H2,16,17,18,19,20)/t9-/m1/s1. The minimum Gasteiger partial charge on any atom is -0.440 e. The molecular weight excluding hydrogens is 280 g/mol. The van der Waals surface area contributed by atoms with Gasteiger partial charge in [-0.25, -0.2) is 19.9 Å². The van der Waals surface area contributed by atoms with E-state index in [9.17, 15) is 0 Å². The van der Waals surface area contributed by atoms with Gasteiger partial charge in [-0.15, -0.1) is 0 Å². The fourth-order valence-corrected chi connectivity index (χ4v) is 2.34. The van der Waals surface area contributed by atoms with Gasteiger partial charge in [-0.3, -0.25) is 0 Å². The van der Waals surface area contributed by atoms with Crippen molar-refractivity contribution < 1.29 is 4.42 Å². The van der Waals surface area contributed by atoms with Crippen molar-refractivity contribution >= 4 is 28.1 Å². The Labute approximate surface area is 125 Å². The van der Waals surface area contributed by atoms with Crippen LogP contribution < -0.4 is 5.32 Å². The van der Waals surface area contributed by atoms with Gasteiger partial charge in [0, 0.05) is 6.54 Å². The molecule has 1 aromatic carbocycles. The number of hydrogen-bond acceptors (Lipinski definition) is 6. The van der Waals surface area contributed by atoms with Crippen molar-refractivity contribution in [2.45, 2.75) is 12.8 Å². The molecule has 0 saturated heterocycles. The summed E-state index contributed by atoms with van der Waals surface area (Å²) in [6, 6.07) is 7.76. The van der Waals surface area contributed by atoms with Crippen LogP contribution in [0.25, 0.3) is 22.3 Å². The fraction of sp³-hybridized carbons (Fsp3) is 0.200. The van der Waals surface area contributed by atoms with Gasteiger partial charge in [0.15, 0.2) is 22.9 Å². The number of benzene rings is 1. The monoisotopic (exact) mass is 294 g/mol. The molecule has 4 aromatic rings. The smallest absolute Gasteiger partial charge is 0.200 e. The van der Waals surface area contributed by atoms with Crippen LogP contribution in [0.4, 0.5) is 5.82 Å². The molecule has 1 atom stereocenters. The Morgan fingerprint density at radius 3 is 3.05 bits per heavy atom. The molecule has 0 bridgehead atoms. The third-order valence-corrected chi connectivity index (χ3v) is 3.53. The molecule has 7 heteroatoms. The van der Waals surface area contributed by atoms with Crippen molar-refractivity contribution in [3.63, 3.8) is 0 Å². The summed E-state index contributed by atoms with van der Waals surface area (Å²) in [5, 5.41) is 3.29. The van der Waals surface area contributed by atoms with Gasteiger partial charge >= 0.3 is 0 Å². The maximum absolute atomic E-state index is 5.79. The number of oxazole rings is 1. The van der Waals surface area contributed by atoms with Crippen molar-refractivity contribution in [1.29, 1.82) is 0 Å². The van der Waals surface area contributed by atoms with Crippen LogP contribution >= 0.6 is 0 Å². The summed E-state index contributed by atoms with van der Waals surface area (Å²) in [5.41, 5.74) is 3.13. The minimum absolute atomic E-state index is 0.111. The number of para-hydroxylation sites is 2. The summed E-state index contributed by atoms with van der Waals surface area (Å²) in [7, 11) is 0. The zero-order valence-corrected chi connectivity index (χ0v) is 11.9. The van der Waals surface area contributed by atoms with Crippen LogP contribution in [0.1, 0.15) is 18.7 Å². The van der Waals surface area contributed by atoms with Gasteiger partial charge < -0.3 is 14.7 Å². The lowest BCUT2D eigenvalue weighted by atomic mass is 10.2. The van der Waals surface area contributed by atoms with Crippen molar-refractivity contribution in [2.24, 2.45) is 0 Å². The highest BCUT2D eigenvalue weighted by Crippen LogP contribution is 2.22. The van der Waals surface area contributed by atoms with Crippen molar-refractivity contribution in [2.75, 3.05) is 11.9 Å². The van der Waals surface area contributed by atoms with E-state index in [2.05, 4.69) is 37.2 Å². The molecule has 2 N–H and O–H groups in total. The number of nitrogens with zero attached hydrogens (tertiary/aromatic N) is 4. The molecule has 0 aliphatic rings. The predicted octanol–water partition coefficient (Wildman–Crippen LogP) is 2.71. The van der Waals surface area contributed by atoms with E-state index in [0.717, 1.165) is 22.4 Å². The first-order valence-electron chi connectivity index (χ1n) is 7.04. The third-order valence-electron chi connectivity index (χ3n) is 3.53. The average Bonchev–Trinajstić information content (AvgIpc) is 3.18. The van der Waals surface area contributed by atoms with Crippen LogP contribution in [0.3, 0.4) is 0 Å². The number of imidazole rings is 1. The summed E-state index contributed by atoms with van der Waals surface area (Å²) in [4.78, 5) is 20.0. The lowest BCUT2D eigenvalue weighted by Gasteiger charge is -2.09. The Morgan fingerprint density at radius 2 is 2.14 bits per heavy atom. The molecule has 22 heavy (non-hydrogen) atoms. The average molecular weight is 294 g/mol. The lowest BCUT2D eigenvalue weighted by Crippen LogP contribution is -2.11. The molecule has 110 valence electrons. The Morgan fingerprint density at radius 1 is 1.23 bits per heavy atom. The van der Waals surface area contributed by atoms with Crippen LogP contribution in [0.5, 0.6) is 0 Å². The number of H-pyrrole nitrogens is 1. The van der Waals surface area contributed by atoms with Crippen LogP contribution in [0.2, 0.25) is 0 Å². The normalized spacial score (nSPS) is 12.8. The highest BCUT2D eigenvalue weighted by atomic mass is 16.3. The van der Waals surface area contributed by atoms with Crippen LogP contribution in [-0.2, 0) is 0 Å². The molecule has 0 aliphatic carbocycles. The first-order chi connectivity index (χ1) is 10.8. The number of aromatic nitrogens is 5. The quantitative estimate of drug-likeness (QED) is 0.601. The van der Waals surface area contributed by atoms with E-state index >= 15 is 0 Å². The van der Waals surface area contributed by atoms with Gasteiger partial charge in [0.25, 0.3) is 0 Å². The second-order valence-electron chi connectivity index (χ2n) is 5.13. The maximum atomic E-state index is 5.79. The SMILES string of the molecule is C[C@H](CNc1ncnc2nc[nH]c12)c1nc2ccccc2o1. The molecule has 0 saturated carbocycles. The van der Waals surface area contributed by atoms with Gasteiger partial charge in [0.05, 0.1) is 12.2 Å². The molecule has 0 aliphatic heterocycles. The summed E-state index contributed by atoms with van der Waals surface area (Å²) >= 11 is 0. The van der Waals surface area contributed by atoms with E-state index in [1.54, 1.807) is 6.33 Å². The zero-order chi connectivity index (χ0) is 14.9. The number of rotatable bonds is 4. The molecule has 0 radical (unpaired) electrons. The highest BCUT2D eigenvalue weighted by Gasteiger charge is 2.14. The van der Waals surface area contributed by atoms with Gasteiger partial charge in [0.1, 0.15) is 17.4 Å². The number of anilines is 1. The topological polar surface area (TPSA) is 92.5 Å². The number of nitrogens with one attached hydrogen (secondary N) is 2. The Hall–Kier alpha value is -2.96. The summed E-state index contributed by atoms with van der Waals surface area (Å²) in [6.45, 7) is 2.71. The molecule has 0 amide bonds. The molecule has 3 heterocycles. The van der Waals surface area contributed by atoms with Crippen molar-refractivity contribution in [3.8, 4) is 0 Å². The molecule has 7 nitrogen and oxygen atoms in total. The zero-order valence-electron chi connectivity index (χ0n) is 11.9. The van der Waals surface area contributed by atoms with Crippen LogP contribution in [0.15, 0.2) is 41.3 Å². The van der Waals surface area contributed by atoms with E-state index in [-0.39, 0.29) is 5.92 Å². The molecule has 0 spiro atoms. The van der Waals surface area contributed by atoms with Gasteiger partial charge in [0.2, 0.25) is 0 Å². The molecule has 0 fully saturated rings. The second-order valence-corrected chi connectivity index (χ2v) is 5.13. The molecule has 3 aromatic heterocycles. The maximum Gasteiger partial charge on any atom is 0.200 e. The Balaban J connectivity index is 1.54. The highest BCUT2D eigenvalue weighted by molar-refractivity contribution is 5.81. The third kappa shape index (κ3) is 2.16. The molecule has 0 unspecified atom stereocenters. The summed E-state index contributed by atoms with van der Waals surface area (Å²) in [5.74, 6) is 1.55. The van der Waals surface area contributed by atoms with Crippen molar-refractivity contribution in [3.05, 3.63) is 42.8 Å². The van der Waals surface area contributed by atoms with E-state index in [0.29, 0.717) is 18.1 Å². The van der Waals surface area contributed by atoms with Crippen LogP contribution in [-0.4, -0.2) is 31.5 Å². The number of fused-ring (bicyclic) bond motifs is 2. The fourth-order valence-electron chi connectivity index (χ4n) is 2.34. The second kappa shape index (κ2) is 5.10. The van der Waals surface area contributed by atoms with Crippen molar-refractivity contribution in [1.82, 2.24) is 24.9 Å². The van der Waals surface area contributed by atoms with E-state index < -0.39 is 0 Å². The van der Waals surface area contributed by atoms with E-state index in [1.807, 2.05) is 24.3 Å². The largest absolute Gasteiger partial charge is 0.440 e. The Kier molecular flexibility index (Phi) is 2.96. The minimum atomic E-state index is 0.111. The van der Waals surface area contributed by atoms with Gasteiger partial charge in [-0.2, -0.15) is 0 Å². The Bertz CT molecular complexity index is 895. The van der Waals surface area contributed by atoms with E-state index in [1.165, 1.54) is 6.33 Å². The first-order valence-corrected chi connectivity index (χ1v) is 7.04. The van der Waals surface area contributed by atoms with Gasteiger partial charge in [-0.1, -0.05) is 19.1 Å².